The predicted octanol–water partition coefficient (Wildman–Crippen LogP) is 2.08. The van der Waals surface area contributed by atoms with Gasteiger partial charge < -0.3 is 25.2 Å². The van der Waals surface area contributed by atoms with Gasteiger partial charge in [0.2, 0.25) is 0 Å². The maximum absolute atomic E-state index is 9.93. The lowest BCUT2D eigenvalue weighted by atomic mass is 9.98. The SMILES string of the molecule is CCCCCCCCCCCCCCNC1O[C@H](CO)[C@@H](O)[C@H](O)[C@@H]1O. The molecule has 5 atom stereocenters. The molecule has 6 heteroatoms. The molecular formula is C20H41NO5. The molecule has 26 heavy (non-hydrogen) atoms. The molecule has 1 saturated heterocycles. The van der Waals surface area contributed by atoms with Crippen LogP contribution >= 0.6 is 0 Å². The standard InChI is InChI=1S/C20H41NO5/c1-2-3-4-5-6-7-8-9-10-11-12-13-14-21-20-19(25)18(24)17(23)16(15-22)26-20/h16-25H,2-15H2,1H3/t16-,17-,18+,19+,20?/m1/s1. The highest BCUT2D eigenvalue weighted by molar-refractivity contribution is 4.90. The Balaban J connectivity index is 1.95. The summed E-state index contributed by atoms with van der Waals surface area (Å²) in [6, 6.07) is 0. The molecule has 5 N–H and O–H groups in total. The normalized spacial score (nSPS) is 29.2. The van der Waals surface area contributed by atoms with E-state index in [1.807, 2.05) is 0 Å². The molecular weight excluding hydrogens is 334 g/mol. The minimum atomic E-state index is -1.31. The van der Waals surface area contributed by atoms with Gasteiger partial charge >= 0.3 is 0 Å². The largest absolute Gasteiger partial charge is 0.394 e. The fraction of sp³-hybridized carbons (Fsp3) is 1.00. The van der Waals surface area contributed by atoms with Gasteiger partial charge in [-0.1, -0.05) is 77.6 Å². The number of aliphatic hydroxyl groups is 4. The molecule has 0 aliphatic carbocycles. The van der Waals surface area contributed by atoms with Crippen LogP contribution < -0.4 is 5.32 Å². The minimum Gasteiger partial charge on any atom is -0.394 e. The zero-order valence-electron chi connectivity index (χ0n) is 16.5. The molecule has 1 rings (SSSR count). The van der Waals surface area contributed by atoms with E-state index in [1.54, 1.807) is 0 Å². The van der Waals surface area contributed by atoms with Gasteiger partial charge in [-0.15, -0.1) is 0 Å². The number of aliphatic hydroxyl groups excluding tert-OH is 4. The van der Waals surface area contributed by atoms with Crippen molar-refractivity contribution >= 4 is 0 Å². The molecule has 1 aliphatic rings. The van der Waals surface area contributed by atoms with Gasteiger partial charge in [-0.2, -0.15) is 0 Å². The fourth-order valence-corrected chi connectivity index (χ4v) is 3.48. The highest BCUT2D eigenvalue weighted by atomic mass is 16.6. The second-order valence-electron chi connectivity index (χ2n) is 7.59. The maximum atomic E-state index is 9.93. The van der Waals surface area contributed by atoms with Crippen molar-refractivity contribution < 1.29 is 25.2 Å². The molecule has 0 bridgehead atoms. The summed E-state index contributed by atoms with van der Waals surface area (Å²) in [7, 11) is 0. The molecule has 1 aliphatic heterocycles. The van der Waals surface area contributed by atoms with Crippen LogP contribution in [0.15, 0.2) is 0 Å². The lowest BCUT2D eigenvalue weighted by molar-refractivity contribution is -0.236. The van der Waals surface area contributed by atoms with Gasteiger partial charge in [-0.3, -0.25) is 5.32 Å². The zero-order chi connectivity index (χ0) is 19.2. The molecule has 1 fully saturated rings. The van der Waals surface area contributed by atoms with E-state index < -0.39 is 30.6 Å². The summed E-state index contributed by atoms with van der Waals surface area (Å²) in [6.45, 7) is 2.54. The second kappa shape index (κ2) is 14.8. The van der Waals surface area contributed by atoms with Crippen molar-refractivity contribution in [3.63, 3.8) is 0 Å². The van der Waals surface area contributed by atoms with Gasteiger partial charge in [0, 0.05) is 0 Å². The maximum Gasteiger partial charge on any atom is 0.137 e. The summed E-state index contributed by atoms with van der Waals surface area (Å²) >= 11 is 0. The van der Waals surface area contributed by atoms with Crippen molar-refractivity contribution in [3.05, 3.63) is 0 Å². The lowest BCUT2D eigenvalue weighted by Crippen LogP contribution is -2.62. The van der Waals surface area contributed by atoms with Crippen molar-refractivity contribution in [3.8, 4) is 0 Å². The number of rotatable bonds is 15. The minimum absolute atomic E-state index is 0.387. The van der Waals surface area contributed by atoms with Crippen LogP contribution in [-0.2, 0) is 4.74 Å². The molecule has 1 unspecified atom stereocenters. The van der Waals surface area contributed by atoms with E-state index in [-0.39, 0.29) is 6.61 Å². The smallest absolute Gasteiger partial charge is 0.137 e. The number of unbranched alkanes of at least 4 members (excludes halogenated alkanes) is 11. The molecule has 0 aromatic carbocycles. The zero-order valence-corrected chi connectivity index (χ0v) is 16.5. The van der Waals surface area contributed by atoms with Gasteiger partial charge in [-0.25, -0.2) is 0 Å². The molecule has 0 aromatic heterocycles. The number of ether oxygens (including phenoxy) is 1. The summed E-state index contributed by atoms with van der Waals surface area (Å²) in [5.41, 5.74) is 0. The Kier molecular flexibility index (Phi) is 13.5. The summed E-state index contributed by atoms with van der Waals surface area (Å²) in [5, 5.41) is 41.6. The lowest BCUT2D eigenvalue weighted by Gasteiger charge is -2.40. The van der Waals surface area contributed by atoms with E-state index in [0.717, 1.165) is 12.8 Å². The second-order valence-corrected chi connectivity index (χ2v) is 7.59. The van der Waals surface area contributed by atoms with Crippen LogP contribution in [0, 0.1) is 0 Å². The van der Waals surface area contributed by atoms with Crippen molar-refractivity contribution in [2.24, 2.45) is 0 Å². The van der Waals surface area contributed by atoms with Crippen LogP contribution in [0.25, 0.3) is 0 Å². The van der Waals surface area contributed by atoms with Crippen molar-refractivity contribution in [2.45, 2.75) is 115 Å². The van der Waals surface area contributed by atoms with E-state index in [1.165, 1.54) is 64.2 Å². The third-order valence-electron chi connectivity index (χ3n) is 5.27. The Morgan fingerprint density at radius 3 is 1.69 bits per heavy atom. The molecule has 0 saturated carbocycles. The summed E-state index contributed by atoms with van der Waals surface area (Å²) in [4.78, 5) is 0. The van der Waals surface area contributed by atoms with Crippen LogP contribution in [0.5, 0.6) is 0 Å². The third kappa shape index (κ3) is 9.11. The van der Waals surface area contributed by atoms with E-state index >= 15 is 0 Å². The highest BCUT2D eigenvalue weighted by Crippen LogP contribution is 2.19. The molecule has 0 amide bonds. The monoisotopic (exact) mass is 375 g/mol. The molecule has 1 heterocycles. The van der Waals surface area contributed by atoms with Gasteiger partial charge in [0.1, 0.15) is 30.6 Å². The van der Waals surface area contributed by atoms with Gasteiger partial charge in [-0.05, 0) is 13.0 Å². The van der Waals surface area contributed by atoms with Crippen LogP contribution in [0.1, 0.15) is 84.0 Å². The Labute approximate surface area is 159 Å². The van der Waals surface area contributed by atoms with Gasteiger partial charge in [0.05, 0.1) is 6.61 Å². The van der Waals surface area contributed by atoms with E-state index in [0.29, 0.717) is 6.54 Å². The quantitative estimate of drug-likeness (QED) is 0.281. The average Bonchev–Trinajstić information content (AvgIpc) is 2.65. The molecule has 0 aromatic rings. The molecule has 0 spiro atoms. The number of hydrogen-bond donors (Lipinski definition) is 5. The molecule has 0 radical (unpaired) electrons. The first kappa shape index (κ1) is 23.8. The summed E-state index contributed by atoms with van der Waals surface area (Å²) < 4.78 is 5.42. The topological polar surface area (TPSA) is 102 Å². The first-order chi connectivity index (χ1) is 12.6. The number of nitrogens with one attached hydrogen (secondary N) is 1. The Morgan fingerprint density at radius 2 is 1.19 bits per heavy atom. The van der Waals surface area contributed by atoms with E-state index in [9.17, 15) is 15.3 Å². The fourth-order valence-electron chi connectivity index (χ4n) is 3.48. The Bertz CT molecular complexity index is 329. The Hall–Kier alpha value is -0.240. The van der Waals surface area contributed by atoms with Crippen LogP contribution in [0.2, 0.25) is 0 Å². The first-order valence-electron chi connectivity index (χ1n) is 10.7. The van der Waals surface area contributed by atoms with E-state index in [4.69, 9.17) is 9.84 Å². The predicted molar refractivity (Wildman–Crippen MR) is 103 cm³/mol. The van der Waals surface area contributed by atoms with E-state index in [2.05, 4.69) is 12.2 Å². The first-order valence-corrected chi connectivity index (χ1v) is 10.7. The van der Waals surface area contributed by atoms with Crippen molar-refractivity contribution in [1.29, 1.82) is 0 Å². The molecule has 6 nitrogen and oxygen atoms in total. The summed E-state index contributed by atoms with van der Waals surface area (Å²) in [6.07, 6.45) is 10.1. The van der Waals surface area contributed by atoms with Crippen molar-refractivity contribution in [2.75, 3.05) is 13.2 Å². The van der Waals surface area contributed by atoms with Crippen LogP contribution in [0.3, 0.4) is 0 Å². The molecule has 156 valence electrons. The van der Waals surface area contributed by atoms with Crippen LogP contribution in [0.4, 0.5) is 0 Å². The highest BCUT2D eigenvalue weighted by Gasteiger charge is 2.42. The third-order valence-corrected chi connectivity index (χ3v) is 5.27. The number of hydrogen-bond acceptors (Lipinski definition) is 6. The Morgan fingerprint density at radius 1 is 0.692 bits per heavy atom. The summed E-state index contributed by atoms with van der Waals surface area (Å²) in [5.74, 6) is 0. The van der Waals surface area contributed by atoms with Crippen molar-refractivity contribution in [1.82, 2.24) is 5.32 Å². The van der Waals surface area contributed by atoms with Gasteiger partial charge in [0.15, 0.2) is 0 Å². The average molecular weight is 376 g/mol. The van der Waals surface area contributed by atoms with Crippen LogP contribution in [-0.4, -0.2) is 64.2 Å². The van der Waals surface area contributed by atoms with Gasteiger partial charge in [0.25, 0.3) is 0 Å².